The zero-order valence-electron chi connectivity index (χ0n) is 12.8. The van der Waals surface area contributed by atoms with Gasteiger partial charge in [-0.2, -0.15) is 4.98 Å². The molecule has 0 saturated carbocycles. The monoisotopic (exact) mass is 345 g/mol. The summed E-state index contributed by atoms with van der Waals surface area (Å²) in [6, 6.07) is 9.62. The van der Waals surface area contributed by atoms with Gasteiger partial charge in [-0.3, -0.25) is 4.79 Å². The first kappa shape index (κ1) is 16.7. The third-order valence-corrected chi connectivity index (χ3v) is 3.56. The molecule has 2 N–H and O–H groups in total. The molecular formula is C17H13F2N3O3. The molecule has 1 unspecified atom stereocenters. The standard InChI is InChI=1S/C17H13F2N3O3/c18-12-2-1-3-13(19)15(12)14(23)8-20-17(24)11-6-4-10(5-7-11)16-21-9-25-22-16/h1-7,9,14,23H,8H2,(H,20,24). The van der Waals surface area contributed by atoms with Gasteiger partial charge in [-0.25, -0.2) is 8.78 Å². The maximum atomic E-state index is 13.6. The Bertz CT molecular complexity index is 847. The number of nitrogens with zero attached hydrogens (tertiary/aromatic N) is 2. The Morgan fingerprint density at radius 3 is 2.44 bits per heavy atom. The van der Waals surface area contributed by atoms with Crippen molar-refractivity contribution in [2.75, 3.05) is 6.54 Å². The van der Waals surface area contributed by atoms with Gasteiger partial charge in [-0.1, -0.05) is 23.4 Å². The van der Waals surface area contributed by atoms with E-state index in [9.17, 15) is 18.7 Å². The number of rotatable bonds is 5. The van der Waals surface area contributed by atoms with Crippen LogP contribution in [0.15, 0.2) is 53.4 Å². The number of nitrogens with one attached hydrogen (secondary N) is 1. The van der Waals surface area contributed by atoms with Crippen molar-refractivity contribution in [3.8, 4) is 11.4 Å². The molecule has 8 heteroatoms. The third kappa shape index (κ3) is 3.69. The fourth-order valence-electron chi connectivity index (χ4n) is 2.29. The quantitative estimate of drug-likeness (QED) is 0.742. The van der Waals surface area contributed by atoms with Crippen LogP contribution in [0.3, 0.4) is 0 Å². The van der Waals surface area contributed by atoms with Crippen LogP contribution in [-0.4, -0.2) is 27.7 Å². The Kier molecular flexibility index (Phi) is 4.80. The van der Waals surface area contributed by atoms with Gasteiger partial charge in [-0.05, 0) is 24.3 Å². The number of carbonyl (C=O) groups is 1. The maximum absolute atomic E-state index is 13.6. The summed E-state index contributed by atoms with van der Waals surface area (Å²) in [5.41, 5.74) is 0.502. The van der Waals surface area contributed by atoms with E-state index in [0.29, 0.717) is 17.0 Å². The van der Waals surface area contributed by atoms with E-state index in [1.807, 2.05) is 0 Å². The molecule has 0 radical (unpaired) electrons. The molecule has 0 saturated heterocycles. The molecule has 1 heterocycles. The summed E-state index contributed by atoms with van der Waals surface area (Å²) >= 11 is 0. The van der Waals surface area contributed by atoms with E-state index >= 15 is 0 Å². The van der Waals surface area contributed by atoms with Crippen molar-refractivity contribution in [3.63, 3.8) is 0 Å². The zero-order valence-corrected chi connectivity index (χ0v) is 12.8. The molecule has 0 spiro atoms. The maximum Gasteiger partial charge on any atom is 0.251 e. The van der Waals surface area contributed by atoms with Gasteiger partial charge in [0.05, 0.1) is 5.56 Å². The summed E-state index contributed by atoms with van der Waals surface area (Å²) in [6.07, 6.45) is -0.303. The normalized spacial score (nSPS) is 12.0. The van der Waals surface area contributed by atoms with Crippen LogP contribution in [0.2, 0.25) is 0 Å². The molecule has 6 nitrogen and oxygen atoms in total. The third-order valence-electron chi connectivity index (χ3n) is 3.56. The minimum Gasteiger partial charge on any atom is -0.386 e. The average molecular weight is 345 g/mol. The van der Waals surface area contributed by atoms with Crippen LogP contribution in [-0.2, 0) is 0 Å². The fraction of sp³-hybridized carbons (Fsp3) is 0.118. The van der Waals surface area contributed by atoms with Crippen molar-refractivity contribution in [1.82, 2.24) is 15.5 Å². The summed E-state index contributed by atoms with van der Waals surface area (Å²) in [5, 5.41) is 16.0. The summed E-state index contributed by atoms with van der Waals surface area (Å²) in [5.74, 6) is -1.84. The first-order valence-electron chi connectivity index (χ1n) is 7.33. The highest BCUT2D eigenvalue weighted by Gasteiger charge is 2.18. The van der Waals surface area contributed by atoms with Gasteiger partial charge < -0.3 is 14.9 Å². The fourth-order valence-corrected chi connectivity index (χ4v) is 2.29. The van der Waals surface area contributed by atoms with Crippen molar-refractivity contribution in [2.45, 2.75) is 6.10 Å². The Morgan fingerprint density at radius 2 is 1.84 bits per heavy atom. The van der Waals surface area contributed by atoms with Gasteiger partial charge in [0.15, 0.2) is 0 Å². The molecule has 0 aliphatic rings. The molecule has 0 bridgehead atoms. The Hall–Kier alpha value is -3.13. The molecule has 1 aromatic heterocycles. The van der Waals surface area contributed by atoms with Gasteiger partial charge in [0, 0.05) is 17.7 Å². The molecule has 0 fully saturated rings. The number of aromatic nitrogens is 2. The summed E-state index contributed by atoms with van der Waals surface area (Å²) in [4.78, 5) is 16.0. The topological polar surface area (TPSA) is 88.2 Å². The van der Waals surface area contributed by atoms with Crippen LogP contribution >= 0.6 is 0 Å². The molecule has 2 aromatic carbocycles. The van der Waals surface area contributed by atoms with Crippen molar-refractivity contribution in [1.29, 1.82) is 0 Å². The van der Waals surface area contributed by atoms with Crippen molar-refractivity contribution in [3.05, 3.63) is 71.6 Å². The predicted molar refractivity (Wildman–Crippen MR) is 83.4 cm³/mol. The average Bonchev–Trinajstić information content (AvgIpc) is 3.14. The second-order valence-electron chi connectivity index (χ2n) is 5.19. The highest BCUT2D eigenvalue weighted by atomic mass is 19.1. The number of amides is 1. The minimum atomic E-state index is -1.50. The van der Waals surface area contributed by atoms with E-state index in [4.69, 9.17) is 0 Å². The molecule has 1 atom stereocenters. The number of aliphatic hydroxyl groups excluding tert-OH is 1. The molecule has 0 aliphatic carbocycles. The minimum absolute atomic E-state index is 0.313. The molecule has 3 rings (SSSR count). The molecule has 0 aliphatic heterocycles. The van der Waals surface area contributed by atoms with E-state index < -0.39 is 29.2 Å². The Labute approximate surface area is 141 Å². The van der Waals surface area contributed by atoms with Crippen molar-refractivity contribution >= 4 is 5.91 Å². The van der Waals surface area contributed by atoms with E-state index in [0.717, 1.165) is 12.1 Å². The zero-order chi connectivity index (χ0) is 17.8. The van der Waals surface area contributed by atoms with Crippen molar-refractivity contribution < 1.29 is 23.2 Å². The van der Waals surface area contributed by atoms with Crippen LogP contribution in [0.1, 0.15) is 22.0 Å². The van der Waals surface area contributed by atoms with Crippen LogP contribution in [0.25, 0.3) is 11.4 Å². The molecular weight excluding hydrogens is 332 g/mol. The first-order valence-corrected chi connectivity index (χ1v) is 7.33. The van der Waals surface area contributed by atoms with E-state index in [1.165, 1.54) is 24.6 Å². The smallest absolute Gasteiger partial charge is 0.251 e. The summed E-state index contributed by atoms with van der Waals surface area (Å²) < 4.78 is 31.8. The Morgan fingerprint density at radius 1 is 1.16 bits per heavy atom. The van der Waals surface area contributed by atoms with Gasteiger partial charge >= 0.3 is 0 Å². The van der Waals surface area contributed by atoms with E-state index in [-0.39, 0.29) is 6.54 Å². The lowest BCUT2D eigenvalue weighted by Crippen LogP contribution is -2.29. The SMILES string of the molecule is O=C(NCC(O)c1c(F)cccc1F)c1ccc(-c2ncon2)cc1. The second kappa shape index (κ2) is 7.18. The molecule has 1 amide bonds. The highest BCUT2D eigenvalue weighted by molar-refractivity contribution is 5.94. The predicted octanol–water partition coefficient (Wildman–Crippen LogP) is 2.48. The van der Waals surface area contributed by atoms with Gasteiger partial charge in [0.2, 0.25) is 12.2 Å². The van der Waals surface area contributed by atoms with Crippen LogP contribution in [0, 0.1) is 11.6 Å². The largest absolute Gasteiger partial charge is 0.386 e. The number of benzene rings is 2. The molecule has 3 aromatic rings. The van der Waals surface area contributed by atoms with Gasteiger partial charge in [0.1, 0.15) is 17.7 Å². The highest BCUT2D eigenvalue weighted by Crippen LogP contribution is 2.20. The second-order valence-corrected chi connectivity index (χ2v) is 5.19. The summed E-state index contributed by atoms with van der Waals surface area (Å²) in [7, 11) is 0. The summed E-state index contributed by atoms with van der Waals surface area (Å²) in [6.45, 7) is -0.330. The lowest BCUT2D eigenvalue weighted by molar-refractivity contribution is 0.0911. The first-order chi connectivity index (χ1) is 12.1. The van der Waals surface area contributed by atoms with Gasteiger partial charge in [0.25, 0.3) is 5.91 Å². The van der Waals surface area contributed by atoms with Crippen LogP contribution in [0.4, 0.5) is 8.78 Å². The van der Waals surface area contributed by atoms with E-state index in [2.05, 4.69) is 20.0 Å². The number of carbonyl (C=O) groups excluding carboxylic acids is 1. The van der Waals surface area contributed by atoms with Crippen LogP contribution < -0.4 is 5.32 Å². The lowest BCUT2D eigenvalue weighted by atomic mass is 10.1. The van der Waals surface area contributed by atoms with Gasteiger partial charge in [-0.15, -0.1) is 0 Å². The van der Waals surface area contributed by atoms with E-state index in [1.54, 1.807) is 12.1 Å². The number of hydrogen-bond donors (Lipinski definition) is 2. The lowest BCUT2D eigenvalue weighted by Gasteiger charge is -2.14. The van der Waals surface area contributed by atoms with Crippen LogP contribution in [0.5, 0.6) is 0 Å². The number of hydrogen-bond acceptors (Lipinski definition) is 5. The molecule has 128 valence electrons. The number of aliphatic hydroxyl groups is 1. The Balaban J connectivity index is 1.64. The molecule has 25 heavy (non-hydrogen) atoms. The number of halogens is 2. The van der Waals surface area contributed by atoms with Crippen molar-refractivity contribution in [2.24, 2.45) is 0 Å².